The Bertz CT molecular complexity index is 1930. The van der Waals surface area contributed by atoms with Crippen LogP contribution in [0.4, 0.5) is 0 Å². The van der Waals surface area contributed by atoms with Crippen molar-refractivity contribution in [2.75, 3.05) is 39.6 Å². The minimum absolute atomic E-state index is 0.108. The Morgan fingerprint density at radius 2 is 0.455 bits per heavy atom. The summed E-state index contributed by atoms with van der Waals surface area (Å²) >= 11 is 0. The number of hydrogen-bond donors (Lipinski definition) is 3. The highest BCUT2D eigenvalue weighted by molar-refractivity contribution is 7.47. The Hall–Kier alpha value is -1.94. The number of aliphatic hydroxyl groups excluding tert-OH is 1. The highest BCUT2D eigenvalue weighted by atomic mass is 31.2. The van der Waals surface area contributed by atoms with Crippen LogP contribution < -0.4 is 0 Å². The van der Waals surface area contributed by atoms with Crippen LogP contribution >= 0.6 is 15.6 Å². The smallest absolute Gasteiger partial charge is 0.462 e. The maximum atomic E-state index is 13.1. The summed E-state index contributed by atoms with van der Waals surface area (Å²) in [5, 5.41) is 10.6. The zero-order chi connectivity index (χ0) is 74.1. The molecule has 0 amide bonds. The molecule has 2 unspecified atom stereocenters. The van der Waals surface area contributed by atoms with Crippen molar-refractivity contribution in [1.82, 2.24) is 0 Å². The second-order valence-electron chi connectivity index (χ2n) is 30.0. The molecule has 0 aliphatic heterocycles. The fourth-order valence-electron chi connectivity index (χ4n) is 12.8. The molecular formula is C82H160O17P2. The molecule has 0 aromatic heterocycles. The normalized spacial score (nSPS) is 13.8. The van der Waals surface area contributed by atoms with Crippen LogP contribution in [0, 0.1) is 5.92 Å². The van der Waals surface area contributed by atoms with E-state index in [2.05, 4.69) is 34.6 Å². The van der Waals surface area contributed by atoms with Gasteiger partial charge in [-0.05, 0) is 31.6 Å². The lowest BCUT2D eigenvalue weighted by Crippen LogP contribution is -2.30. The maximum Gasteiger partial charge on any atom is 0.472 e. The molecule has 0 aliphatic carbocycles. The van der Waals surface area contributed by atoms with Gasteiger partial charge in [0.05, 0.1) is 26.4 Å². The largest absolute Gasteiger partial charge is 0.472 e. The number of esters is 4. The van der Waals surface area contributed by atoms with E-state index >= 15 is 0 Å². The fourth-order valence-corrected chi connectivity index (χ4v) is 14.3. The van der Waals surface area contributed by atoms with Crippen molar-refractivity contribution in [3.63, 3.8) is 0 Å². The van der Waals surface area contributed by atoms with E-state index in [1.165, 1.54) is 250 Å². The lowest BCUT2D eigenvalue weighted by Gasteiger charge is -2.21. The number of carbonyl (C=O) groups is 4. The molecule has 0 spiro atoms. The van der Waals surface area contributed by atoms with Crippen molar-refractivity contribution in [1.29, 1.82) is 0 Å². The first kappa shape index (κ1) is 99.1. The van der Waals surface area contributed by atoms with Crippen molar-refractivity contribution in [2.45, 2.75) is 457 Å². The van der Waals surface area contributed by atoms with E-state index in [1.54, 1.807) is 0 Å². The molecule has 0 fully saturated rings. The number of carbonyl (C=O) groups excluding carboxylic acids is 4. The molecule has 0 bridgehead atoms. The minimum Gasteiger partial charge on any atom is -0.462 e. The number of ether oxygens (including phenoxy) is 4. The maximum absolute atomic E-state index is 13.1. The van der Waals surface area contributed by atoms with Gasteiger partial charge < -0.3 is 33.8 Å². The molecule has 3 N–H and O–H groups in total. The molecule has 101 heavy (non-hydrogen) atoms. The standard InChI is InChI=1S/C82H160O17P2/c1-6-9-12-15-18-20-22-24-26-27-28-29-30-31-32-34-40-44-48-53-58-63-68-82(87)99-78(72-93-80(85)66-61-56-51-46-42-38-36-35-37-41-45-50-54-59-64-75(4)5)74-97-101(90,91)95-70-76(83)69-94-100(88,89)96-73-77(71-92-79(84)65-60-55-49-17-14-11-8-3)98-81(86)67-62-57-52-47-43-39-33-25-23-21-19-16-13-10-7-2/h75-78,83H,6-74H2,1-5H3,(H,88,89)(H,90,91)/t76-,77+,78+/m0/s1. The summed E-state index contributed by atoms with van der Waals surface area (Å²) in [6.45, 7) is 7.32. The number of hydrogen-bond acceptors (Lipinski definition) is 15. The predicted octanol–water partition coefficient (Wildman–Crippen LogP) is 24.8. The van der Waals surface area contributed by atoms with Gasteiger partial charge in [-0.2, -0.15) is 0 Å². The summed E-state index contributed by atoms with van der Waals surface area (Å²) < 4.78 is 68.6. The van der Waals surface area contributed by atoms with Crippen molar-refractivity contribution in [3.05, 3.63) is 0 Å². The van der Waals surface area contributed by atoms with Crippen LogP contribution in [0.5, 0.6) is 0 Å². The summed E-state index contributed by atoms with van der Waals surface area (Å²) in [5.41, 5.74) is 0. The number of rotatable bonds is 82. The van der Waals surface area contributed by atoms with Crippen LogP contribution in [-0.2, 0) is 65.4 Å². The van der Waals surface area contributed by atoms with E-state index in [1.807, 2.05) is 0 Å². The van der Waals surface area contributed by atoms with Gasteiger partial charge in [0.15, 0.2) is 12.2 Å². The SMILES string of the molecule is CCCCCCCCCCCCCCCCCCCCCCCCC(=O)O[C@H](COC(=O)CCCCCCCCCCCCCCCCC(C)C)COP(=O)(O)OC[C@@H](O)COP(=O)(O)OC[C@@H](COC(=O)CCCCCCCCC)OC(=O)CCCCCCCCCCCCCCCCC. The predicted molar refractivity (Wildman–Crippen MR) is 414 cm³/mol. The van der Waals surface area contributed by atoms with Gasteiger partial charge in [-0.15, -0.1) is 0 Å². The monoisotopic (exact) mass is 1480 g/mol. The Morgan fingerprint density at radius 1 is 0.267 bits per heavy atom. The van der Waals surface area contributed by atoms with Crippen LogP contribution in [0.2, 0.25) is 0 Å². The van der Waals surface area contributed by atoms with Crippen LogP contribution in [0.25, 0.3) is 0 Å². The van der Waals surface area contributed by atoms with Gasteiger partial charge in [0.25, 0.3) is 0 Å². The fraction of sp³-hybridized carbons (Fsp3) is 0.951. The average molecular weight is 1480 g/mol. The molecule has 0 aliphatic rings. The first-order valence-electron chi connectivity index (χ1n) is 42.6. The average Bonchev–Trinajstić information content (AvgIpc) is 0.969. The Morgan fingerprint density at radius 3 is 0.673 bits per heavy atom. The number of aliphatic hydroxyl groups is 1. The van der Waals surface area contributed by atoms with Gasteiger partial charge in [-0.1, -0.05) is 388 Å². The third kappa shape index (κ3) is 76.1. The molecule has 0 aromatic rings. The summed E-state index contributed by atoms with van der Waals surface area (Å²) in [7, 11) is -9.91. The van der Waals surface area contributed by atoms with Crippen molar-refractivity contribution in [2.24, 2.45) is 5.92 Å². The summed E-state index contributed by atoms with van der Waals surface area (Å²) in [4.78, 5) is 72.9. The molecular weight excluding hydrogens is 1320 g/mol. The summed E-state index contributed by atoms with van der Waals surface area (Å²) in [6, 6.07) is 0. The highest BCUT2D eigenvalue weighted by Crippen LogP contribution is 2.45. The quantitative estimate of drug-likeness (QED) is 0.0222. The first-order chi connectivity index (χ1) is 49.0. The van der Waals surface area contributed by atoms with Crippen LogP contribution in [0.1, 0.15) is 439 Å². The van der Waals surface area contributed by atoms with Crippen LogP contribution in [0.3, 0.4) is 0 Å². The molecule has 0 saturated carbocycles. The molecule has 0 heterocycles. The molecule has 600 valence electrons. The third-order valence-electron chi connectivity index (χ3n) is 19.3. The van der Waals surface area contributed by atoms with Gasteiger partial charge in [0.1, 0.15) is 19.3 Å². The first-order valence-corrected chi connectivity index (χ1v) is 45.6. The van der Waals surface area contributed by atoms with Gasteiger partial charge in [-0.3, -0.25) is 37.3 Å². The zero-order valence-electron chi connectivity index (χ0n) is 66.1. The molecule has 17 nitrogen and oxygen atoms in total. The number of unbranched alkanes of at least 4 members (excludes halogenated alkanes) is 54. The van der Waals surface area contributed by atoms with Crippen molar-refractivity contribution >= 4 is 39.5 Å². The second-order valence-corrected chi connectivity index (χ2v) is 32.9. The zero-order valence-corrected chi connectivity index (χ0v) is 67.8. The van der Waals surface area contributed by atoms with Crippen LogP contribution in [-0.4, -0.2) is 96.7 Å². The van der Waals surface area contributed by atoms with E-state index in [9.17, 15) is 43.2 Å². The highest BCUT2D eigenvalue weighted by Gasteiger charge is 2.30. The van der Waals surface area contributed by atoms with E-state index in [-0.39, 0.29) is 25.7 Å². The minimum atomic E-state index is -4.96. The van der Waals surface area contributed by atoms with E-state index in [4.69, 9.17) is 37.0 Å². The third-order valence-corrected chi connectivity index (χ3v) is 21.2. The van der Waals surface area contributed by atoms with Gasteiger partial charge >= 0.3 is 39.5 Å². The lowest BCUT2D eigenvalue weighted by atomic mass is 10.0. The van der Waals surface area contributed by atoms with E-state index in [0.717, 1.165) is 109 Å². The van der Waals surface area contributed by atoms with E-state index in [0.29, 0.717) is 25.7 Å². The Kier molecular flexibility index (Phi) is 73.5. The topological polar surface area (TPSA) is 237 Å². The van der Waals surface area contributed by atoms with Gasteiger partial charge in [-0.25, -0.2) is 9.13 Å². The van der Waals surface area contributed by atoms with Gasteiger partial charge in [0, 0.05) is 25.7 Å². The molecule has 0 saturated heterocycles. The van der Waals surface area contributed by atoms with Gasteiger partial charge in [0.2, 0.25) is 0 Å². The van der Waals surface area contributed by atoms with Crippen molar-refractivity contribution in [3.8, 4) is 0 Å². The summed E-state index contributed by atoms with van der Waals surface area (Å²) in [5.74, 6) is -1.31. The Labute approximate surface area is 619 Å². The molecule has 19 heteroatoms. The number of phosphoric ester groups is 2. The van der Waals surface area contributed by atoms with E-state index < -0.39 is 97.5 Å². The second kappa shape index (κ2) is 74.9. The molecule has 0 rings (SSSR count). The Balaban J connectivity index is 5.16. The molecule has 5 atom stereocenters. The summed E-state index contributed by atoms with van der Waals surface area (Å²) in [6.07, 6.45) is 66.9. The number of phosphoric acid groups is 2. The molecule has 0 aromatic carbocycles. The lowest BCUT2D eigenvalue weighted by molar-refractivity contribution is -0.161. The van der Waals surface area contributed by atoms with Crippen molar-refractivity contribution < 1.29 is 80.2 Å². The van der Waals surface area contributed by atoms with Crippen LogP contribution in [0.15, 0.2) is 0 Å². The molecule has 0 radical (unpaired) electrons.